The van der Waals surface area contributed by atoms with Crippen molar-refractivity contribution < 1.29 is 9.53 Å². The highest BCUT2D eigenvalue weighted by molar-refractivity contribution is 5.87. The van der Waals surface area contributed by atoms with Gasteiger partial charge in [0.25, 0.3) is 0 Å². The van der Waals surface area contributed by atoms with Crippen molar-refractivity contribution in [1.29, 1.82) is 0 Å². The Balaban J connectivity index is 3.47. The van der Waals surface area contributed by atoms with Crippen LogP contribution in [-0.2, 0) is 9.53 Å². The molecule has 0 aliphatic heterocycles. The molecular weight excluding hydrogens is 116 g/mol. The van der Waals surface area contributed by atoms with Crippen molar-refractivity contribution in [2.24, 2.45) is 0 Å². The molecule has 0 heterocycles. The number of ketones is 1. The van der Waals surface area contributed by atoms with E-state index in [1.807, 2.05) is 0 Å². The van der Waals surface area contributed by atoms with Crippen LogP contribution in [-0.4, -0.2) is 12.9 Å². The summed E-state index contributed by atoms with van der Waals surface area (Å²) in [7, 11) is 1.55. The number of hydrogen-bond acceptors (Lipinski definition) is 2. The van der Waals surface area contributed by atoms with Gasteiger partial charge in [0.1, 0.15) is 0 Å². The average Bonchev–Trinajstić information content (AvgIpc) is 1.80. The Morgan fingerprint density at radius 1 is 1.44 bits per heavy atom. The van der Waals surface area contributed by atoms with E-state index in [1.165, 1.54) is 19.3 Å². The van der Waals surface area contributed by atoms with E-state index in [4.69, 9.17) is 0 Å². The molecule has 0 spiro atoms. The standard InChI is InChI=1S/C7H10O2/c1-7(8)5-3-4-6-9-2/h3-6H,1-2H3. The predicted molar refractivity (Wildman–Crippen MR) is 36.0 cm³/mol. The second-order valence-electron chi connectivity index (χ2n) is 1.53. The van der Waals surface area contributed by atoms with Crippen LogP contribution in [0.25, 0.3) is 0 Å². The summed E-state index contributed by atoms with van der Waals surface area (Å²) in [6.07, 6.45) is 6.25. The van der Waals surface area contributed by atoms with E-state index >= 15 is 0 Å². The van der Waals surface area contributed by atoms with E-state index in [0.717, 1.165) is 0 Å². The predicted octanol–water partition coefficient (Wildman–Crippen LogP) is 1.29. The highest BCUT2D eigenvalue weighted by Gasteiger charge is 1.75. The molecular formula is C7H10O2. The number of carbonyl (C=O) groups excluding carboxylic acids is 1. The minimum absolute atomic E-state index is 0.0377. The van der Waals surface area contributed by atoms with Crippen LogP contribution < -0.4 is 0 Å². The van der Waals surface area contributed by atoms with Gasteiger partial charge < -0.3 is 4.74 Å². The smallest absolute Gasteiger partial charge is 0.152 e. The molecule has 0 aromatic rings. The van der Waals surface area contributed by atoms with Crippen LogP contribution >= 0.6 is 0 Å². The van der Waals surface area contributed by atoms with Crippen molar-refractivity contribution >= 4 is 5.78 Å². The zero-order valence-electron chi connectivity index (χ0n) is 5.63. The van der Waals surface area contributed by atoms with Crippen molar-refractivity contribution in [2.45, 2.75) is 6.92 Å². The second-order valence-corrected chi connectivity index (χ2v) is 1.53. The molecule has 0 aliphatic carbocycles. The van der Waals surface area contributed by atoms with Crippen molar-refractivity contribution in [3.8, 4) is 0 Å². The fraction of sp³-hybridized carbons (Fsp3) is 0.286. The molecule has 0 saturated heterocycles. The van der Waals surface area contributed by atoms with Gasteiger partial charge in [0.15, 0.2) is 5.78 Å². The molecule has 0 atom stereocenters. The van der Waals surface area contributed by atoms with Gasteiger partial charge >= 0.3 is 0 Å². The maximum Gasteiger partial charge on any atom is 0.152 e. The van der Waals surface area contributed by atoms with Crippen LogP contribution in [0, 0.1) is 0 Å². The zero-order valence-corrected chi connectivity index (χ0v) is 5.63. The van der Waals surface area contributed by atoms with Crippen LogP contribution in [0.15, 0.2) is 24.5 Å². The van der Waals surface area contributed by atoms with Gasteiger partial charge in [-0.3, -0.25) is 4.79 Å². The average molecular weight is 126 g/mol. The summed E-state index contributed by atoms with van der Waals surface area (Å²) in [6, 6.07) is 0. The first kappa shape index (κ1) is 7.95. The Bertz CT molecular complexity index is 134. The van der Waals surface area contributed by atoms with Gasteiger partial charge in [0.05, 0.1) is 13.4 Å². The highest BCUT2D eigenvalue weighted by atomic mass is 16.5. The van der Waals surface area contributed by atoms with Gasteiger partial charge in [-0.1, -0.05) is 6.08 Å². The third-order valence-electron chi connectivity index (χ3n) is 0.657. The van der Waals surface area contributed by atoms with Gasteiger partial charge in [-0.15, -0.1) is 0 Å². The molecule has 0 aromatic carbocycles. The quantitative estimate of drug-likeness (QED) is 0.323. The normalized spacial score (nSPS) is 10.9. The minimum atomic E-state index is 0.0377. The fourth-order valence-corrected chi connectivity index (χ4v) is 0.315. The van der Waals surface area contributed by atoms with Crippen molar-refractivity contribution in [1.82, 2.24) is 0 Å². The van der Waals surface area contributed by atoms with Gasteiger partial charge in [0, 0.05) is 0 Å². The van der Waals surface area contributed by atoms with Crippen molar-refractivity contribution in [3.05, 3.63) is 24.5 Å². The molecule has 0 saturated carbocycles. The summed E-state index contributed by atoms with van der Waals surface area (Å²) in [6.45, 7) is 1.50. The van der Waals surface area contributed by atoms with E-state index in [-0.39, 0.29) is 5.78 Å². The number of hydrogen-bond donors (Lipinski definition) is 0. The molecule has 0 bridgehead atoms. The van der Waals surface area contributed by atoms with Gasteiger partial charge in [-0.05, 0) is 19.1 Å². The first-order valence-electron chi connectivity index (χ1n) is 2.64. The van der Waals surface area contributed by atoms with Crippen LogP contribution in [0.4, 0.5) is 0 Å². The van der Waals surface area contributed by atoms with Crippen LogP contribution in [0.3, 0.4) is 0 Å². The van der Waals surface area contributed by atoms with Gasteiger partial charge in [0.2, 0.25) is 0 Å². The molecule has 0 fully saturated rings. The molecule has 0 rings (SSSR count). The minimum Gasteiger partial charge on any atom is -0.504 e. The molecule has 0 aromatic heterocycles. The lowest BCUT2D eigenvalue weighted by atomic mass is 10.4. The Kier molecular flexibility index (Phi) is 4.50. The molecule has 0 aliphatic rings. The molecule has 2 nitrogen and oxygen atoms in total. The van der Waals surface area contributed by atoms with Crippen molar-refractivity contribution in [2.75, 3.05) is 7.11 Å². The number of allylic oxidation sites excluding steroid dienone is 3. The van der Waals surface area contributed by atoms with E-state index in [0.29, 0.717) is 0 Å². The monoisotopic (exact) mass is 126 g/mol. The Morgan fingerprint density at radius 2 is 2.11 bits per heavy atom. The lowest BCUT2D eigenvalue weighted by Gasteiger charge is -1.80. The maximum absolute atomic E-state index is 10.2. The zero-order chi connectivity index (χ0) is 7.11. The fourth-order valence-electron chi connectivity index (χ4n) is 0.315. The second kappa shape index (κ2) is 5.09. The SMILES string of the molecule is COC=CC=CC(C)=O. The van der Waals surface area contributed by atoms with Crippen molar-refractivity contribution in [3.63, 3.8) is 0 Å². The summed E-state index contributed by atoms with van der Waals surface area (Å²) in [5.74, 6) is 0.0377. The number of methoxy groups -OCH3 is 1. The Hall–Kier alpha value is -1.05. The molecule has 2 heteroatoms. The topological polar surface area (TPSA) is 26.3 Å². The third-order valence-corrected chi connectivity index (χ3v) is 0.657. The van der Waals surface area contributed by atoms with Crippen LogP contribution in [0.2, 0.25) is 0 Å². The summed E-state index contributed by atoms with van der Waals surface area (Å²) in [5, 5.41) is 0. The summed E-state index contributed by atoms with van der Waals surface area (Å²) >= 11 is 0. The maximum atomic E-state index is 10.2. The molecule has 9 heavy (non-hydrogen) atoms. The molecule has 0 amide bonds. The van der Waals surface area contributed by atoms with Gasteiger partial charge in [-0.2, -0.15) is 0 Å². The first-order valence-corrected chi connectivity index (χ1v) is 2.64. The number of carbonyl (C=O) groups is 1. The third kappa shape index (κ3) is 6.95. The lowest BCUT2D eigenvalue weighted by molar-refractivity contribution is -0.112. The van der Waals surface area contributed by atoms with E-state index in [2.05, 4.69) is 4.74 Å². The Labute approximate surface area is 54.8 Å². The Morgan fingerprint density at radius 3 is 2.56 bits per heavy atom. The largest absolute Gasteiger partial charge is 0.504 e. The first-order chi connectivity index (χ1) is 4.27. The molecule has 0 N–H and O–H groups in total. The molecule has 0 unspecified atom stereocenters. The van der Waals surface area contributed by atoms with E-state index < -0.39 is 0 Å². The van der Waals surface area contributed by atoms with E-state index in [9.17, 15) is 4.79 Å². The summed E-state index contributed by atoms with van der Waals surface area (Å²) < 4.78 is 4.58. The summed E-state index contributed by atoms with van der Waals surface area (Å²) in [4.78, 5) is 10.2. The molecule has 0 radical (unpaired) electrons. The van der Waals surface area contributed by atoms with Crippen LogP contribution in [0.1, 0.15) is 6.92 Å². The molecule has 50 valence electrons. The van der Waals surface area contributed by atoms with Gasteiger partial charge in [-0.25, -0.2) is 0 Å². The number of ether oxygens (including phenoxy) is 1. The number of rotatable bonds is 3. The van der Waals surface area contributed by atoms with E-state index in [1.54, 1.807) is 19.3 Å². The lowest BCUT2D eigenvalue weighted by Crippen LogP contribution is -1.77. The summed E-state index contributed by atoms with van der Waals surface area (Å²) in [5.41, 5.74) is 0. The van der Waals surface area contributed by atoms with Crippen LogP contribution in [0.5, 0.6) is 0 Å². The highest BCUT2D eigenvalue weighted by Crippen LogP contribution is 1.78.